The molecule has 0 amide bonds. The number of alkyl halides is 2. The molecule has 18 heavy (non-hydrogen) atoms. The van der Waals surface area contributed by atoms with Crippen LogP contribution in [0.15, 0.2) is 60.7 Å². The molecule has 0 aliphatic carbocycles. The quantitative estimate of drug-likeness (QED) is 0.596. The van der Waals surface area contributed by atoms with Crippen molar-refractivity contribution in [1.82, 2.24) is 0 Å². The summed E-state index contributed by atoms with van der Waals surface area (Å²) in [5.74, 6) is -0.152. The van der Waals surface area contributed by atoms with Crippen LogP contribution in [0, 0.1) is 0 Å². The number of rotatable bonds is 4. The van der Waals surface area contributed by atoms with Crippen molar-refractivity contribution in [1.29, 1.82) is 0 Å². The first-order valence-corrected chi connectivity index (χ1v) is 6.50. The first-order chi connectivity index (χ1) is 8.70. The molecule has 0 N–H and O–H groups in total. The van der Waals surface area contributed by atoms with Gasteiger partial charge in [-0.2, -0.15) is 0 Å². The lowest BCUT2D eigenvalue weighted by atomic mass is 10.0. The molecule has 0 saturated heterocycles. The van der Waals surface area contributed by atoms with E-state index >= 15 is 0 Å². The minimum absolute atomic E-state index is 0.152. The maximum Gasteiger partial charge on any atom is 0.182 e. The van der Waals surface area contributed by atoms with E-state index in [1.807, 2.05) is 48.5 Å². The molecule has 2 aromatic rings. The monoisotopic (exact) mass is 278 g/mol. The summed E-state index contributed by atoms with van der Waals surface area (Å²) < 4.78 is 0. The maximum atomic E-state index is 12.1. The molecule has 2 rings (SSSR count). The fraction of sp³-hybridized carbons (Fsp3) is 0.133. The molecule has 0 fully saturated rings. The van der Waals surface area contributed by atoms with Crippen LogP contribution in [0.2, 0.25) is 0 Å². The zero-order valence-electron chi connectivity index (χ0n) is 9.59. The van der Waals surface area contributed by atoms with E-state index in [1.54, 1.807) is 12.1 Å². The Hall–Kier alpha value is -1.31. The van der Waals surface area contributed by atoms with Crippen LogP contribution in [0.5, 0.6) is 0 Å². The predicted octanol–water partition coefficient (Wildman–Crippen LogP) is 4.46. The SMILES string of the molecule is O=C(c1ccccc1)[C@H](Cl)[C@@H](Cl)c1ccccc1. The van der Waals surface area contributed by atoms with Crippen molar-refractivity contribution in [3.63, 3.8) is 0 Å². The number of halogens is 2. The largest absolute Gasteiger partial charge is 0.292 e. The summed E-state index contributed by atoms with van der Waals surface area (Å²) in [4.78, 5) is 12.1. The third-order valence-electron chi connectivity index (χ3n) is 2.68. The third-order valence-corrected chi connectivity index (χ3v) is 3.77. The standard InChI is InChI=1S/C15H12Cl2O/c16-13(11-7-3-1-4-8-11)14(17)15(18)12-9-5-2-6-10-12/h1-10,13-14H/t13-,14+/m0/s1. The van der Waals surface area contributed by atoms with E-state index in [2.05, 4.69) is 0 Å². The topological polar surface area (TPSA) is 17.1 Å². The Morgan fingerprint density at radius 3 is 1.89 bits per heavy atom. The first kappa shape index (κ1) is 13.1. The minimum Gasteiger partial charge on any atom is -0.292 e. The van der Waals surface area contributed by atoms with Crippen molar-refractivity contribution in [2.45, 2.75) is 10.8 Å². The van der Waals surface area contributed by atoms with Crippen LogP contribution in [-0.4, -0.2) is 11.2 Å². The molecule has 0 spiro atoms. The Kier molecular flexibility index (Phi) is 4.40. The lowest BCUT2D eigenvalue weighted by molar-refractivity contribution is 0.0985. The van der Waals surface area contributed by atoms with Gasteiger partial charge in [-0.05, 0) is 5.56 Å². The van der Waals surface area contributed by atoms with Gasteiger partial charge in [-0.3, -0.25) is 4.79 Å². The average Bonchev–Trinajstić information content (AvgIpc) is 2.47. The molecule has 2 atom stereocenters. The fourth-order valence-electron chi connectivity index (χ4n) is 1.70. The lowest BCUT2D eigenvalue weighted by Gasteiger charge is -2.15. The summed E-state index contributed by atoms with van der Waals surface area (Å²) in [6.07, 6.45) is 0. The Morgan fingerprint density at radius 1 is 0.833 bits per heavy atom. The first-order valence-electron chi connectivity index (χ1n) is 5.62. The molecule has 0 heterocycles. The molecule has 3 heteroatoms. The van der Waals surface area contributed by atoms with Gasteiger partial charge >= 0.3 is 0 Å². The van der Waals surface area contributed by atoms with E-state index in [0.717, 1.165) is 5.56 Å². The summed E-state index contributed by atoms with van der Waals surface area (Å²) in [5, 5.41) is -1.29. The molecule has 0 saturated carbocycles. The number of hydrogen-bond acceptors (Lipinski definition) is 1. The van der Waals surface area contributed by atoms with Crippen molar-refractivity contribution in [2.75, 3.05) is 0 Å². The van der Waals surface area contributed by atoms with E-state index in [0.29, 0.717) is 5.56 Å². The minimum atomic E-state index is -0.767. The van der Waals surface area contributed by atoms with Crippen LogP contribution in [0.3, 0.4) is 0 Å². The molecule has 0 bridgehead atoms. The molecule has 0 aromatic heterocycles. The van der Waals surface area contributed by atoms with Gasteiger partial charge in [0.1, 0.15) is 5.38 Å². The van der Waals surface area contributed by atoms with Crippen molar-refractivity contribution in [2.24, 2.45) is 0 Å². The van der Waals surface area contributed by atoms with Gasteiger partial charge < -0.3 is 0 Å². The lowest BCUT2D eigenvalue weighted by Crippen LogP contribution is -2.19. The third kappa shape index (κ3) is 2.92. The van der Waals surface area contributed by atoms with Crippen molar-refractivity contribution >= 4 is 29.0 Å². The number of ketones is 1. The highest BCUT2D eigenvalue weighted by Crippen LogP contribution is 2.30. The summed E-state index contributed by atoms with van der Waals surface area (Å²) >= 11 is 12.4. The molecular weight excluding hydrogens is 267 g/mol. The van der Waals surface area contributed by atoms with Gasteiger partial charge in [-0.1, -0.05) is 60.7 Å². The Bertz CT molecular complexity index is 511. The van der Waals surface area contributed by atoms with E-state index in [1.165, 1.54) is 0 Å². The van der Waals surface area contributed by atoms with Crippen LogP contribution in [0.25, 0.3) is 0 Å². The summed E-state index contributed by atoms with van der Waals surface area (Å²) in [6, 6.07) is 18.3. The van der Waals surface area contributed by atoms with Crippen LogP contribution in [0.4, 0.5) is 0 Å². The second-order valence-electron chi connectivity index (χ2n) is 3.94. The van der Waals surface area contributed by atoms with Crippen molar-refractivity contribution in [3.8, 4) is 0 Å². The van der Waals surface area contributed by atoms with Gasteiger partial charge in [0, 0.05) is 5.56 Å². The number of benzene rings is 2. The molecule has 0 unspecified atom stereocenters. The van der Waals surface area contributed by atoms with Crippen molar-refractivity contribution < 1.29 is 4.79 Å². The van der Waals surface area contributed by atoms with Gasteiger partial charge in [0.25, 0.3) is 0 Å². The molecular formula is C15H12Cl2O. The van der Waals surface area contributed by atoms with Crippen molar-refractivity contribution in [3.05, 3.63) is 71.8 Å². The zero-order chi connectivity index (χ0) is 13.0. The molecule has 92 valence electrons. The molecule has 1 nitrogen and oxygen atoms in total. The van der Waals surface area contributed by atoms with Crippen LogP contribution in [-0.2, 0) is 0 Å². The molecule has 0 radical (unpaired) electrons. The Morgan fingerprint density at radius 2 is 1.33 bits per heavy atom. The number of Topliss-reactive ketones (excluding diaryl/α,β-unsaturated/α-hetero) is 1. The average molecular weight is 279 g/mol. The van der Waals surface area contributed by atoms with Gasteiger partial charge in [-0.15, -0.1) is 23.2 Å². The molecule has 0 aliphatic rings. The van der Waals surface area contributed by atoms with Crippen LogP contribution >= 0.6 is 23.2 Å². The zero-order valence-corrected chi connectivity index (χ0v) is 11.1. The maximum absolute atomic E-state index is 12.1. The van der Waals surface area contributed by atoms with E-state index in [-0.39, 0.29) is 5.78 Å². The van der Waals surface area contributed by atoms with E-state index in [9.17, 15) is 4.79 Å². The molecule has 2 aromatic carbocycles. The second-order valence-corrected chi connectivity index (χ2v) is 4.88. The Labute approximate surface area is 116 Å². The normalized spacial score (nSPS) is 13.9. The Balaban J connectivity index is 2.17. The summed E-state index contributed by atoms with van der Waals surface area (Å²) in [5.41, 5.74) is 1.43. The highest BCUT2D eigenvalue weighted by Gasteiger charge is 2.26. The number of carbonyl (C=O) groups excluding carboxylic acids is 1. The van der Waals surface area contributed by atoms with Gasteiger partial charge in [0.2, 0.25) is 0 Å². The highest BCUT2D eigenvalue weighted by atomic mass is 35.5. The van der Waals surface area contributed by atoms with E-state index < -0.39 is 10.8 Å². The smallest absolute Gasteiger partial charge is 0.182 e. The predicted molar refractivity (Wildman–Crippen MR) is 75.4 cm³/mol. The van der Waals surface area contributed by atoms with Crippen LogP contribution in [0.1, 0.15) is 21.3 Å². The van der Waals surface area contributed by atoms with Gasteiger partial charge in [0.05, 0.1) is 5.38 Å². The summed E-state index contributed by atoms with van der Waals surface area (Å²) in [6.45, 7) is 0. The number of carbonyl (C=O) groups is 1. The fourth-order valence-corrected chi connectivity index (χ4v) is 2.23. The molecule has 0 aliphatic heterocycles. The summed E-state index contributed by atoms with van der Waals surface area (Å²) in [7, 11) is 0. The van der Waals surface area contributed by atoms with Gasteiger partial charge in [-0.25, -0.2) is 0 Å². The van der Waals surface area contributed by atoms with E-state index in [4.69, 9.17) is 23.2 Å². The van der Waals surface area contributed by atoms with Gasteiger partial charge in [0.15, 0.2) is 5.78 Å². The number of hydrogen-bond donors (Lipinski definition) is 0. The van der Waals surface area contributed by atoms with Crippen LogP contribution < -0.4 is 0 Å². The highest BCUT2D eigenvalue weighted by molar-refractivity contribution is 6.39. The second kappa shape index (κ2) is 6.03.